The fourth-order valence-electron chi connectivity index (χ4n) is 1.62. The summed E-state index contributed by atoms with van der Waals surface area (Å²) in [7, 11) is 0. The van der Waals surface area contributed by atoms with Crippen LogP contribution in [0.15, 0.2) is 34.7 Å². The maximum atomic E-state index is 12.0. The minimum Gasteiger partial charge on any atom is -0.453 e. The van der Waals surface area contributed by atoms with Gasteiger partial charge < -0.3 is 4.42 Å². The fourth-order valence-corrected chi connectivity index (χ4v) is 1.62. The first-order valence-electron chi connectivity index (χ1n) is 5.93. The zero-order valence-electron chi connectivity index (χ0n) is 10.8. The molecule has 0 aliphatic heterocycles. The van der Waals surface area contributed by atoms with Crippen molar-refractivity contribution in [2.24, 2.45) is 5.41 Å². The largest absolute Gasteiger partial charge is 0.453 e. The predicted octanol–water partition coefficient (Wildman–Crippen LogP) is 3.62. The third-order valence-electron chi connectivity index (χ3n) is 2.86. The second-order valence-corrected chi connectivity index (χ2v) is 5.42. The molecule has 0 amide bonds. The summed E-state index contributed by atoms with van der Waals surface area (Å²) in [4.78, 5) is 23.8. The highest BCUT2D eigenvalue weighted by molar-refractivity contribution is 6.09. The van der Waals surface area contributed by atoms with Crippen LogP contribution in [0.25, 0.3) is 11.0 Å². The van der Waals surface area contributed by atoms with Crippen LogP contribution in [0.1, 0.15) is 37.7 Å². The summed E-state index contributed by atoms with van der Waals surface area (Å²) in [5.41, 5.74) is 0.172. The van der Waals surface area contributed by atoms with Crippen LogP contribution in [-0.2, 0) is 4.79 Å². The van der Waals surface area contributed by atoms with E-state index >= 15 is 0 Å². The van der Waals surface area contributed by atoms with Crippen LogP contribution in [0.3, 0.4) is 0 Å². The van der Waals surface area contributed by atoms with Crippen LogP contribution in [0.5, 0.6) is 0 Å². The molecule has 0 fully saturated rings. The summed E-state index contributed by atoms with van der Waals surface area (Å²) in [6.07, 6.45) is -0.108. The first-order valence-corrected chi connectivity index (χ1v) is 5.93. The van der Waals surface area contributed by atoms with Gasteiger partial charge in [-0.2, -0.15) is 0 Å². The third kappa shape index (κ3) is 2.50. The molecule has 0 unspecified atom stereocenters. The smallest absolute Gasteiger partial charge is 0.205 e. The number of Topliss-reactive ketones (excluding diaryl/α,β-unsaturated/α-hetero) is 2. The van der Waals surface area contributed by atoms with Crippen molar-refractivity contribution in [1.29, 1.82) is 0 Å². The van der Waals surface area contributed by atoms with Crippen LogP contribution < -0.4 is 0 Å². The number of fused-ring (bicyclic) bond motifs is 1. The molecule has 0 N–H and O–H groups in total. The average molecular weight is 244 g/mol. The molecule has 94 valence electrons. The molecule has 2 rings (SSSR count). The van der Waals surface area contributed by atoms with Gasteiger partial charge in [-0.05, 0) is 12.1 Å². The molecule has 1 aromatic carbocycles. The van der Waals surface area contributed by atoms with E-state index in [-0.39, 0.29) is 23.7 Å². The molecule has 1 aromatic heterocycles. The minimum absolute atomic E-state index is 0.0760. The van der Waals surface area contributed by atoms with Crippen molar-refractivity contribution < 1.29 is 14.0 Å². The van der Waals surface area contributed by atoms with E-state index in [9.17, 15) is 9.59 Å². The molecule has 0 saturated heterocycles. The minimum atomic E-state index is -0.498. The Morgan fingerprint density at radius 3 is 2.44 bits per heavy atom. The summed E-state index contributed by atoms with van der Waals surface area (Å²) in [5.74, 6) is -0.0760. The van der Waals surface area contributed by atoms with Crippen molar-refractivity contribution in [3.63, 3.8) is 0 Å². The van der Waals surface area contributed by atoms with Gasteiger partial charge in [0.1, 0.15) is 11.4 Å². The lowest BCUT2D eigenvalue weighted by molar-refractivity contribution is -0.125. The Hall–Kier alpha value is -1.90. The molecular formula is C15H16O3. The standard InChI is InChI=1S/C15H16O3/c1-15(2,3)14(17)9-11(16)13-8-10-6-4-5-7-12(10)18-13/h4-8H,9H2,1-3H3. The Bertz CT molecular complexity index is 566. The van der Waals surface area contributed by atoms with E-state index in [1.807, 2.05) is 18.2 Å². The van der Waals surface area contributed by atoms with Crippen molar-refractivity contribution in [2.45, 2.75) is 27.2 Å². The van der Waals surface area contributed by atoms with Gasteiger partial charge in [0, 0.05) is 10.8 Å². The number of benzene rings is 1. The molecule has 2 aromatic rings. The number of ketones is 2. The number of hydrogen-bond donors (Lipinski definition) is 0. The number of hydrogen-bond acceptors (Lipinski definition) is 3. The summed E-state index contributed by atoms with van der Waals surface area (Å²) >= 11 is 0. The van der Waals surface area contributed by atoms with Crippen LogP contribution >= 0.6 is 0 Å². The first-order chi connectivity index (χ1) is 8.38. The second-order valence-electron chi connectivity index (χ2n) is 5.42. The predicted molar refractivity (Wildman–Crippen MR) is 69.6 cm³/mol. The van der Waals surface area contributed by atoms with Gasteiger partial charge in [0.25, 0.3) is 0 Å². The Morgan fingerprint density at radius 1 is 1.17 bits per heavy atom. The van der Waals surface area contributed by atoms with Crippen LogP contribution in [0, 0.1) is 5.41 Å². The van der Waals surface area contributed by atoms with Gasteiger partial charge in [0.15, 0.2) is 5.76 Å². The van der Waals surface area contributed by atoms with E-state index in [4.69, 9.17) is 4.42 Å². The van der Waals surface area contributed by atoms with Gasteiger partial charge in [0.2, 0.25) is 5.78 Å². The van der Waals surface area contributed by atoms with Gasteiger partial charge in [-0.15, -0.1) is 0 Å². The lowest BCUT2D eigenvalue weighted by Crippen LogP contribution is -2.22. The molecule has 18 heavy (non-hydrogen) atoms. The van der Waals surface area contributed by atoms with Crippen molar-refractivity contribution in [3.05, 3.63) is 36.1 Å². The van der Waals surface area contributed by atoms with E-state index in [0.717, 1.165) is 5.39 Å². The van der Waals surface area contributed by atoms with Crippen molar-refractivity contribution >= 4 is 22.5 Å². The molecule has 3 nitrogen and oxygen atoms in total. The third-order valence-corrected chi connectivity index (χ3v) is 2.86. The van der Waals surface area contributed by atoms with Gasteiger partial charge in [-0.25, -0.2) is 0 Å². The van der Waals surface area contributed by atoms with Gasteiger partial charge in [-0.1, -0.05) is 39.0 Å². The summed E-state index contributed by atoms with van der Waals surface area (Å²) in [6, 6.07) is 9.10. The highest BCUT2D eigenvalue weighted by atomic mass is 16.3. The SMILES string of the molecule is CC(C)(C)C(=O)CC(=O)c1cc2ccccc2o1. The number of furan rings is 1. The highest BCUT2D eigenvalue weighted by Gasteiger charge is 2.25. The van der Waals surface area contributed by atoms with Crippen LogP contribution in [-0.4, -0.2) is 11.6 Å². The molecule has 0 aliphatic rings. The number of rotatable bonds is 3. The molecular weight excluding hydrogens is 228 g/mol. The van der Waals surface area contributed by atoms with E-state index in [1.54, 1.807) is 32.9 Å². The maximum Gasteiger partial charge on any atom is 0.205 e. The summed E-state index contributed by atoms with van der Waals surface area (Å²) < 4.78 is 5.44. The van der Waals surface area contributed by atoms with Gasteiger partial charge >= 0.3 is 0 Å². The van der Waals surface area contributed by atoms with Gasteiger partial charge in [-0.3, -0.25) is 9.59 Å². The lowest BCUT2D eigenvalue weighted by atomic mass is 9.88. The number of carbonyl (C=O) groups is 2. The first kappa shape index (κ1) is 12.6. The maximum absolute atomic E-state index is 12.0. The van der Waals surface area contributed by atoms with Gasteiger partial charge in [0.05, 0.1) is 6.42 Å². The zero-order valence-corrected chi connectivity index (χ0v) is 10.8. The molecule has 3 heteroatoms. The molecule has 0 spiro atoms. The van der Waals surface area contributed by atoms with E-state index in [1.165, 1.54) is 0 Å². The molecule has 0 saturated carbocycles. The molecule has 0 radical (unpaired) electrons. The Morgan fingerprint density at radius 2 is 1.83 bits per heavy atom. The Kier molecular flexibility index (Phi) is 3.07. The molecule has 1 heterocycles. The monoisotopic (exact) mass is 244 g/mol. The Labute approximate surface area is 106 Å². The van der Waals surface area contributed by atoms with Crippen LogP contribution in [0.4, 0.5) is 0 Å². The topological polar surface area (TPSA) is 47.3 Å². The highest BCUT2D eigenvalue weighted by Crippen LogP contribution is 2.22. The average Bonchev–Trinajstić information content (AvgIpc) is 2.71. The fraction of sp³-hybridized carbons (Fsp3) is 0.333. The molecule has 0 bridgehead atoms. The van der Waals surface area contributed by atoms with Crippen molar-refractivity contribution in [1.82, 2.24) is 0 Å². The second kappa shape index (κ2) is 4.41. The lowest BCUT2D eigenvalue weighted by Gasteiger charge is -2.15. The van der Waals surface area contributed by atoms with Crippen molar-refractivity contribution in [2.75, 3.05) is 0 Å². The Balaban J connectivity index is 2.21. The number of para-hydroxylation sites is 1. The summed E-state index contributed by atoms with van der Waals surface area (Å²) in [6.45, 7) is 5.42. The molecule has 0 aliphatic carbocycles. The van der Waals surface area contributed by atoms with Crippen LogP contribution in [0.2, 0.25) is 0 Å². The zero-order chi connectivity index (χ0) is 13.3. The van der Waals surface area contributed by atoms with E-state index in [0.29, 0.717) is 5.58 Å². The summed E-state index contributed by atoms with van der Waals surface area (Å²) in [5, 5.41) is 0.879. The number of carbonyl (C=O) groups excluding carboxylic acids is 2. The quantitative estimate of drug-likeness (QED) is 0.612. The normalized spacial score (nSPS) is 11.7. The van der Waals surface area contributed by atoms with E-state index < -0.39 is 5.41 Å². The van der Waals surface area contributed by atoms with E-state index in [2.05, 4.69) is 0 Å². The van der Waals surface area contributed by atoms with Crippen molar-refractivity contribution in [3.8, 4) is 0 Å². The molecule has 0 atom stereocenters.